The van der Waals surface area contributed by atoms with E-state index < -0.39 is 26.8 Å². The summed E-state index contributed by atoms with van der Waals surface area (Å²) in [6.45, 7) is 0.937. The number of alkyl halides is 3. The molecule has 1 fully saturated rings. The normalized spacial score (nSPS) is 15.9. The van der Waals surface area contributed by atoms with Crippen LogP contribution in [0, 0.1) is 0 Å². The second-order valence-corrected chi connectivity index (χ2v) is 10.8. The van der Waals surface area contributed by atoms with Crippen LogP contribution in [0.25, 0.3) is 11.3 Å². The number of hydrogen-bond acceptors (Lipinski definition) is 5. The highest BCUT2D eigenvalue weighted by atomic mass is 35.5. The van der Waals surface area contributed by atoms with Crippen molar-refractivity contribution in [3.63, 3.8) is 0 Å². The highest BCUT2D eigenvalue weighted by Crippen LogP contribution is 2.34. The molecule has 2 aromatic carbocycles. The molecule has 0 radical (unpaired) electrons. The number of hydrogen-bond donors (Lipinski definition) is 0. The van der Waals surface area contributed by atoms with Crippen LogP contribution in [0.3, 0.4) is 0 Å². The predicted molar refractivity (Wildman–Crippen MR) is 116 cm³/mol. The molecule has 1 aromatic heterocycles. The van der Waals surface area contributed by atoms with Crippen molar-refractivity contribution in [3.8, 4) is 11.3 Å². The van der Waals surface area contributed by atoms with E-state index >= 15 is 0 Å². The monoisotopic (exact) mass is 486 g/mol. The van der Waals surface area contributed by atoms with Crippen LogP contribution < -0.4 is 4.90 Å². The Morgan fingerprint density at radius 3 is 2.39 bits per heavy atom. The molecule has 4 nitrogen and oxygen atoms in total. The first-order valence-electron chi connectivity index (χ1n) is 9.52. The average molecular weight is 487 g/mol. The summed E-state index contributed by atoms with van der Waals surface area (Å²) in [7, 11) is -3.85. The minimum absolute atomic E-state index is 0.278. The Balaban J connectivity index is 1.46. The minimum Gasteiger partial charge on any atom is -0.348 e. The predicted octanol–water partition coefficient (Wildman–Crippen LogP) is 5.93. The molecule has 0 spiro atoms. The molecule has 0 aliphatic carbocycles. The summed E-state index contributed by atoms with van der Waals surface area (Å²) in [5, 5.41) is 2.65. The van der Waals surface area contributed by atoms with Gasteiger partial charge in [0.25, 0.3) is 0 Å². The van der Waals surface area contributed by atoms with Gasteiger partial charge in [0.15, 0.2) is 15.0 Å². The summed E-state index contributed by atoms with van der Waals surface area (Å²) >= 11 is 7.39. The van der Waals surface area contributed by atoms with E-state index in [0.29, 0.717) is 31.0 Å². The zero-order valence-electron chi connectivity index (χ0n) is 16.1. The Kier molecular flexibility index (Phi) is 6.02. The van der Waals surface area contributed by atoms with Gasteiger partial charge in [-0.2, -0.15) is 13.2 Å². The maximum atomic E-state index is 13.0. The van der Waals surface area contributed by atoms with Crippen LogP contribution in [-0.2, 0) is 16.0 Å². The van der Waals surface area contributed by atoms with E-state index in [2.05, 4.69) is 4.98 Å². The van der Waals surface area contributed by atoms with E-state index in [9.17, 15) is 21.6 Å². The second-order valence-electron chi connectivity index (χ2n) is 7.28. The molecule has 4 rings (SSSR count). The standard InChI is InChI=1S/C21H18ClF3N2O2S2/c22-16-6-4-14(5-7-16)19-13-30-20(26-19)27-10-8-17(9-11-27)31(28,29)18-3-1-2-15(12-18)21(23,24)25/h1-7,12-13,17H,8-11H2. The number of aromatic nitrogens is 1. The number of sulfone groups is 1. The Bertz CT molecular complexity index is 1170. The van der Waals surface area contributed by atoms with E-state index in [0.717, 1.165) is 34.6 Å². The fraction of sp³-hybridized carbons (Fsp3) is 0.286. The molecule has 0 bridgehead atoms. The van der Waals surface area contributed by atoms with Crippen molar-refractivity contribution >= 4 is 37.9 Å². The van der Waals surface area contributed by atoms with Gasteiger partial charge >= 0.3 is 6.18 Å². The lowest BCUT2D eigenvalue weighted by molar-refractivity contribution is -0.137. The van der Waals surface area contributed by atoms with Crippen molar-refractivity contribution < 1.29 is 21.6 Å². The van der Waals surface area contributed by atoms with Crippen LogP contribution in [0.2, 0.25) is 5.02 Å². The van der Waals surface area contributed by atoms with E-state index in [4.69, 9.17) is 11.6 Å². The number of halogens is 4. The smallest absolute Gasteiger partial charge is 0.348 e. The van der Waals surface area contributed by atoms with Crippen LogP contribution in [-0.4, -0.2) is 31.7 Å². The van der Waals surface area contributed by atoms with Crippen LogP contribution in [0.15, 0.2) is 58.8 Å². The van der Waals surface area contributed by atoms with Crippen molar-refractivity contribution in [1.82, 2.24) is 4.98 Å². The van der Waals surface area contributed by atoms with Crippen molar-refractivity contribution in [1.29, 1.82) is 0 Å². The summed E-state index contributed by atoms with van der Waals surface area (Å²) in [6.07, 6.45) is -3.93. The molecule has 0 saturated carbocycles. The first kappa shape index (κ1) is 22.1. The molecule has 164 valence electrons. The van der Waals surface area contributed by atoms with Gasteiger partial charge in [-0.05, 0) is 43.2 Å². The second kappa shape index (κ2) is 8.44. The maximum Gasteiger partial charge on any atom is 0.416 e. The number of nitrogens with zero attached hydrogens (tertiary/aromatic N) is 2. The van der Waals surface area contributed by atoms with E-state index in [1.165, 1.54) is 17.4 Å². The fourth-order valence-electron chi connectivity index (χ4n) is 3.56. The quantitative estimate of drug-likeness (QED) is 0.459. The van der Waals surface area contributed by atoms with Gasteiger partial charge in [0.05, 0.1) is 21.4 Å². The zero-order chi connectivity index (χ0) is 22.2. The maximum absolute atomic E-state index is 13.0. The van der Waals surface area contributed by atoms with Crippen LogP contribution in [0.4, 0.5) is 18.3 Å². The molecule has 0 N–H and O–H groups in total. The molecule has 1 saturated heterocycles. The van der Waals surface area contributed by atoms with Gasteiger partial charge in [-0.25, -0.2) is 13.4 Å². The van der Waals surface area contributed by atoms with Gasteiger partial charge in [0.2, 0.25) is 0 Å². The Hall–Kier alpha value is -2.10. The summed E-state index contributed by atoms with van der Waals surface area (Å²) in [5.41, 5.74) is 0.799. The molecule has 0 amide bonds. The molecule has 2 heterocycles. The number of piperidine rings is 1. The molecule has 31 heavy (non-hydrogen) atoms. The molecular weight excluding hydrogens is 469 g/mol. The Morgan fingerprint density at radius 2 is 1.74 bits per heavy atom. The number of rotatable bonds is 4. The van der Waals surface area contributed by atoms with Crippen molar-refractivity contribution in [3.05, 3.63) is 64.5 Å². The third-order valence-corrected chi connectivity index (χ3v) is 8.69. The van der Waals surface area contributed by atoms with Gasteiger partial charge in [-0.15, -0.1) is 11.3 Å². The fourth-order valence-corrected chi connectivity index (χ4v) is 6.35. The lowest BCUT2D eigenvalue weighted by Crippen LogP contribution is -2.39. The average Bonchev–Trinajstić information content (AvgIpc) is 3.24. The highest BCUT2D eigenvalue weighted by molar-refractivity contribution is 7.92. The molecule has 10 heteroatoms. The van der Waals surface area contributed by atoms with E-state index in [-0.39, 0.29) is 4.90 Å². The molecule has 0 atom stereocenters. The lowest BCUT2D eigenvalue weighted by atomic mass is 10.1. The largest absolute Gasteiger partial charge is 0.416 e. The minimum atomic E-state index is -4.58. The third kappa shape index (κ3) is 4.73. The zero-order valence-corrected chi connectivity index (χ0v) is 18.5. The molecule has 0 unspecified atom stereocenters. The highest BCUT2D eigenvalue weighted by Gasteiger charge is 2.35. The van der Waals surface area contributed by atoms with E-state index in [1.807, 2.05) is 22.4 Å². The summed E-state index contributed by atoms with van der Waals surface area (Å²) in [6, 6.07) is 11.3. The van der Waals surface area contributed by atoms with Crippen LogP contribution in [0.1, 0.15) is 18.4 Å². The molecular formula is C21H18ClF3N2O2S2. The Labute approximate surface area is 187 Å². The number of anilines is 1. The van der Waals surface area contributed by atoms with Crippen molar-refractivity contribution in [2.75, 3.05) is 18.0 Å². The van der Waals surface area contributed by atoms with Crippen LogP contribution >= 0.6 is 22.9 Å². The summed E-state index contributed by atoms with van der Waals surface area (Å²) < 4.78 is 64.7. The number of thiazole rings is 1. The topological polar surface area (TPSA) is 50.3 Å². The SMILES string of the molecule is O=S(=O)(c1cccc(C(F)(F)F)c1)C1CCN(c2nc(-c3ccc(Cl)cc3)cs2)CC1. The lowest BCUT2D eigenvalue weighted by Gasteiger charge is -2.31. The van der Waals surface area contributed by atoms with Crippen molar-refractivity contribution in [2.45, 2.75) is 29.2 Å². The summed E-state index contributed by atoms with van der Waals surface area (Å²) in [5.74, 6) is 0. The first-order valence-corrected chi connectivity index (χ1v) is 12.3. The van der Waals surface area contributed by atoms with Gasteiger partial charge in [-0.3, -0.25) is 0 Å². The first-order chi connectivity index (χ1) is 14.6. The van der Waals surface area contributed by atoms with Gasteiger partial charge in [0, 0.05) is 29.1 Å². The molecule has 3 aromatic rings. The third-order valence-electron chi connectivity index (χ3n) is 5.27. The Morgan fingerprint density at radius 1 is 1.06 bits per heavy atom. The van der Waals surface area contributed by atoms with Crippen LogP contribution in [0.5, 0.6) is 0 Å². The summed E-state index contributed by atoms with van der Waals surface area (Å²) in [4.78, 5) is 6.38. The van der Waals surface area contributed by atoms with Gasteiger partial charge < -0.3 is 4.90 Å². The van der Waals surface area contributed by atoms with Gasteiger partial charge in [-0.1, -0.05) is 29.8 Å². The van der Waals surface area contributed by atoms with E-state index in [1.54, 1.807) is 12.1 Å². The van der Waals surface area contributed by atoms with Gasteiger partial charge in [0.1, 0.15) is 0 Å². The van der Waals surface area contributed by atoms with Crippen molar-refractivity contribution in [2.24, 2.45) is 0 Å². The number of benzene rings is 2. The molecule has 1 aliphatic heterocycles. The molecule has 1 aliphatic rings.